The lowest BCUT2D eigenvalue weighted by molar-refractivity contribution is -0.134. The van der Waals surface area contributed by atoms with Gasteiger partial charge in [-0.3, -0.25) is 9.69 Å². The average Bonchev–Trinajstić information content (AvgIpc) is 3.17. The zero-order valence-corrected chi connectivity index (χ0v) is 15.4. The molecule has 0 bridgehead atoms. The Morgan fingerprint density at radius 2 is 2.20 bits per heavy atom. The Balaban J connectivity index is 1.62. The van der Waals surface area contributed by atoms with E-state index in [-0.39, 0.29) is 18.6 Å². The molecule has 25 heavy (non-hydrogen) atoms. The third-order valence-corrected chi connectivity index (χ3v) is 4.63. The smallest absolute Gasteiger partial charge is 0.248 e. The van der Waals surface area contributed by atoms with E-state index in [0.717, 1.165) is 42.7 Å². The number of rotatable bonds is 6. The maximum atomic E-state index is 11.6. The molecule has 0 N–H and O–H groups in total. The average molecular weight is 346 g/mol. The van der Waals surface area contributed by atoms with E-state index in [2.05, 4.69) is 21.4 Å². The number of carbonyl (C=O) groups excluding carboxylic acids is 1. The highest BCUT2D eigenvalue weighted by Crippen LogP contribution is 2.27. The Kier molecular flexibility index (Phi) is 5.24. The van der Waals surface area contributed by atoms with Crippen molar-refractivity contribution in [2.45, 2.75) is 39.6 Å². The zero-order chi connectivity index (χ0) is 18.0. The fourth-order valence-corrected chi connectivity index (χ4v) is 3.08. The van der Waals surface area contributed by atoms with Gasteiger partial charge in [-0.1, -0.05) is 0 Å². The summed E-state index contributed by atoms with van der Waals surface area (Å²) in [6.07, 6.45) is 1.85. The summed E-state index contributed by atoms with van der Waals surface area (Å²) in [6, 6.07) is 4.23. The highest BCUT2D eigenvalue weighted by Gasteiger charge is 2.27. The highest BCUT2D eigenvalue weighted by molar-refractivity contribution is 5.76. The van der Waals surface area contributed by atoms with Gasteiger partial charge >= 0.3 is 0 Å². The Morgan fingerprint density at radius 1 is 1.40 bits per heavy atom. The van der Waals surface area contributed by atoms with E-state index in [1.807, 2.05) is 25.3 Å². The summed E-state index contributed by atoms with van der Waals surface area (Å²) in [5.74, 6) is 2.92. The van der Waals surface area contributed by atoms with E-state index in [4.69, 9.17) is 9.15 Å². The molecule has 7 heteroatoms. The number of amides is 1. The minimum absolute atomic E-state index is 0.0355. The van der Waals surface area contributed by atoms with Crippen molar-refractivity contribution in [3.8, 4) is 0 Å². The Labute approximate surface area is 148 Å². The van der Waals surface area contributed by atoms with Crippen LogP contribution in [0, 0.1) is 6.92 Å². The summed E-state index contributed by atoms with van der Waals surface area (Å²) in [5.41, 5.74) is 1.02. The van der Waals surface area contributed by atoms with Crippen LogP contribution in [0.3, 0.4) is 0 Å². The molecule has 0 saturated heterocycles. The van der Waals surface area contributed by atoms with Crippen LogP contribution in [0.25, 0.3) is 0 Å². The van der Waals surface area contributed by atoms with Crippen molar-refractivity contribution in [3.05, 3.63) is 41.4 Å². The number of aromatic nitrogens is 2. The van der Waals surface area contributed by atoms with Gasteiger partial charge in [-0.15, -0.1) is 0 Å². The van der Waals surface area contributed by atoms with Gasteiger partial charge in [0.15, 0.2) is 0 Å². The Hall–Kier alpha value is -2.12. The molecule has 0 unspecified atom stereocenters. The number of hydrogen-bond donors (Lipinski definition) is 0. The molecular formula is C18H26N4O3. The Bertz CT molecular complexity index is 735. The second-order valence-electron chi connectivity index (χ2n) is 6.70. The van der Waals surface area contributed by atoms with Crippen molar-refractivity contribution in [1.29, 1.82) is 0 Å². The van der Waals surface area contributed by atoms with E-state index < -0.39 is 0 Å². The number of furan rings is 1. The second kappa shape index (κ2) is 7.41. The lowest BCUT2D eigenvalue weighted by Gasteiger charge is -2.33. The van der Waals surface area contributed by atoms with Crippen molar-refractivity contribution >= 4 is 5.91 Å². The van der Waals surface area contributed by atoms with Gasteiger partial charge in [0.1, 0.15) is 24.0 Å². The van der Waals surface area contributed by atoms with Crippen LogP contribution in [0.1, 0.15) is 36.0 Å². The number of aryl methyl sites for hydroxylation is 1. The zero-order valence-electron chi connectivity index (χ0n) is 15.4. The van der Waals surface area contributed by atoms with Gasteiger partial charge in [0, 0.05) is 27.2 Å². The topological polar surface area (TPSA) is 63.7 Å². The van der Waals surface area contributed by atoms with Crippen molar-refractivity contribution in [2.75, 3.05) is 27.2 Å². The predicted octanol–water partition coefficient (Wildman–Crippen LogP) is 1.97. The van der Waals surface area contributed by atoms with Crippen LogP contribution in [-0.2, 0) is 29.2 Å². The van der Waals surface area contributed by atoms with Crippen LogP contribution in [0.15, 0.2) is 22.7 Å². The summed E-state index contributed by atoms with van der Waals surface area (Å²) in [6.45, 7) is 7.18. The lowest BCUT2D eigenvalue weighted by Crippen LogP contribution is -2.37. The second-order valence-corrected chi connectivity index (χ2v) is 6.70. The molecule has 1 aliphatic heterocycles. The van der Waals surface area contributed by atoms with Gasteiger partial charge in [-0.2, -0.15) is 0 Å². The third kappa shape index (κ3) is 3.93. The molecule has 2 aromatic heterocycles. The quantitative estimate of drug-likeness (QED) is 0.800. The van der Waals surface area contributed by atoms with Crippen LogP contribution in [-0.4, -0.2) is 52.5 Å². The first-order valence-electron chi connectivity index (χ1n) is 8.57. The van der Waals surface area contributed by atoms with Crippen molar-refractivity contribution in [1.82, 2.24) is 19.4 Å². The van der Waals surface area contributed by atoms with Crippen LogP contribution < -0.4 is 0 Å². The number of imidazole rings is 1. The molecule has 3 rings (SSSR count). The number of fused-ring (bicyclic) bond motifs is 1. The fraction of sp³-hybridized carbons (Fsp3) is 0.556. The normalized spacial score (nSPS) is 17.5. The molecule has 136 valence electrons. The summed E-state index contributed by atoms with van der Waals surface area (Å²) in [4.78, 5) is 20.1. The SMILES string of the molecule is Cc1ccc(CN2CCn3c(COCC(=O)N(C)C)cnc3[C@H]2C)o1. The third-order valence-electron chi connectivity index (χ3n) is 4.63. The van der Waals surface area contributed by atoms with Gasteiger partial charge in [0.25, 0.3) is 0 Å². The molecular weight excluding hydrogens is 320 g/mol. The van der Waals surface area contributed by atoms with E-state index in [1.165, 1.54) is 4.90 Å². The number of likely N-dealkylation sites (N-methyl/N-ethyl adjacent to an activating group) is 1. The molecule has 7 nitrogen and oxygen atoms in total. The summed E-state index contributed by atoms with van der Waals surface area (Å²) in [7, 11) is 3.45. The first-order chi connectivity index (χ1) is 12.0. The van der Waals surface area contributed by atoms with Crippen LogP contribution >= 0.6 is 0 Å². The van der Waals surface area contributed by atoms with Crippen LogP contribution in [0.2, 0.25) is 0 Å². The molecule has 3 heterocycles. The molecule has 1 atom stereocenters. The van der Waals surface area contributed by atoms with E-state index in [0.29, 0.717) is 6.61 Å². The van der Waals surface area contributed by atoms with Crippen LogP contribution in [0.4, 0.5) is 0 Å². The van der Waals surface area contributed by atoms with E-state index in [9.17, 15) is 4.79 Å². The van der Waals surface area contributed by atoms with E-state index >= 15 is 0 Å². The van der Waals surface area contributed by atoms with Gasteiger partial charge in [-0.25, -0.2) is 4.98 Å². The standard InChI is InChI=1S/C18H26N4O3/c1-13-5-6-16(25-13)10-21-7-8-22-15(9-19-18(22)14(21)2)11-24-12-17(23)20(3)4/h5-6,9,14H,7-8,10-12H2,1-4H3/t14-/m1/s1. The number of nitrogens with zero attached hydrogens (tertiary/aromatic N) is 4. The molecule has 1 amide bonds. The van der Waals surface area contributed by atoms with Crippen molar-refractivity contribution < 1.29 is 13.9 Å². The highest BCUT2D eigenvalue weighted by atomic mass is 16.5. The molecule has 0 aromatic carbocycles. The minimum Gasteiger partial charge on any atom is -0.465 e. The molecule has 0 saturated carbocycles. The molecule has 1 aliphatic rings. The Morgan fingerprint density at radius 3 is 2.88 bits per heavy atom. The molecule has 0 aliphatic carbocycles. The summed E-state index contributed by atoms with van der Waals surface area (Å²) < 4.78 is 13.4. The fourth-order valence-electron chi connectivity index (χ4n) is 3.08. The van der Waals surface area contributed by atoms with Crippen LogP contribution in [0.5, 0.6) is 0 Å². The van der Waals surface area contributed by atoms with Gasteiger partial charge in [0.2, 0.25) is 5.91 Å². The molecule has 0 fully saturated rings. The van der Waals surface area contributed by atoms with Gasteiger partial charge in [-0.05, 0) is 26.0 Å². The lowest BCUT2D eigenvalue weighted by atomic mass is 10.2. The number of carbonyl (C=O) groups is 1. The maximum absolute atomic E-state index is 11.6. The molecule has 2 aromatic rings. The predicted molar refractivity (Wildman–Crippen MR) is 92.8 cm³/mol. The van der Waals surface area contributed by atoms with Gasteiger partial charge < -0.3 is 18.6 Å². The molecule has 0 spiro atoms. The molecule has 0 radical (unpaired) electrons. The van der Waals surface area contributed by atoms with E-state index in [1.54, 1.807) is 14.1 Å². The number of ether oxygens (including phenoxy) is 1. The first kappa shape index (κ1) is 17.7. The first-order valence-corrected chi connectivity index (χ1v) is 8.57. The number of hydrogen-bond acceptors (Lipinski definition) is 5. The van der Waals surface area contributed by atoms with Crippen molar-refractivity contribution in [3.63, 3.8) is 0 Å². The van der Waals surface area contributed by atoms with Gasteiger partial charge in [0.05, 0.1) is 31.1 Å². The largest absolute Gasteiger partial charge is 0.465 e. The monoisotopic (exact) mass is 346 g/mol. The summed E-state index contributed by atoms with van der Waals surface area (Å²) >= 11 is 0. The maximum Gasteiger partial charge on any atom is 0.248 e. The van der Waals surface area contributed by atoms with Crippen molar-refractivity contribution in [2.24, 2.45) is 0 Å². The minimum atomic E-state index is -0.0355. The summed E-state index contributed by atoms with van der Waals surface area (Å²) in [5, 5.41) is 0.